The standard InChI is InChI=1S/C11H21N3O4/c1-4-6-12-11(18)13-9(15)7-14(3)8(5-2)10(16)17/h8H,4-7H2,1-3H3,(H,16,17)(H2,12,13,15,18). The number of amides is 3. The average molecular weight is 259 g/mol. The number of urea groups is 1. The van der Waals surface area contributed by atoms with Crippen molar-refractivity contribution in [3.8, 4) is 0 Å². The molecule has 7 heteroatoms. The normalized spacial score (nSPS) is 12.0. The van der Waals surface area contributed by atoms with Crippen LogP contribution in [0.3, 0.4) is 0 Å². The van der Waals surface area contributed by atoms with Crippen molar-refractivity contribution in [3.05, 3.63) is 0 Å². The maximum atomic E-state index is 11.5. The molecule has 0 aromatic carbocycles. The van der Waals surface area contributed by atoms with Gasteiger partial charge < -0.3 is 10.4 Å². The highest BCUT2D eigenvalue weighted by molar-refractivity contribution is 5.95. The van der Waals surface area contributed by atoms with E-state index in [0.717, 1.165) is 6.42 Å². The maximum absolute atomic E-state index is 11.5. The third kappa shape index (κ3) is 6.19. The third-order valence-corrected chi connectivity index (χ3v) is 2.39. The van der Waals surface area contributed by atoms with E-state index < -0.39 is 23.9 Å². The zero-order valence-electron chi connectivity index (χ0n) is 11.0. The molecule has 0 aliphatic carbocycles. The number of carbonyl (C=O) groups is 3. The van der Waals surface area contributed by atoms with E-state index in [-0.39, 0.29) is 6.54 Å². The molecule has 3 amide bonds. The van der Waals surface area contributed by atoms with Gasteiger partial charge in [0.05, 0.1) is 6.54 Å². The summed E-state index contributed by atoms with van der Waals surface area (Å²) in [5.74, 6) is -1.51. The van der Waals surface area contributed by atoms with Gasteiger partial charge in [0.15, 0.2) is 0 Å². The van der Waals surface area contributed by atoms with Crippen LogP contribution >= 0.6 is 0 Å². The highest BCUT2D eigenvalue weighted by Crippen LogP contribution is 2.00. The maximum Gasteiger partial charge on any atom is 0.321 e. The van der Waals surface area contributed by atoms with Crippen LogP contribution in [-0.4, -0.2) is 54.1 Å². The number of carboxylic acids is 1. The number of carboxylic acid groups (broad SMARTS) is 1. The average Bonchev–Trinajstić information content (AvgIpc) is 2.26. The fourth-order valence-corrected chi connectivity index (χ4v) is 1.46. The number of likely N-dealkylation sites (N-methyl/N-ethyl adjacent to an activating group) is 1. The van der Waals surface area contributed by atoms with Gasteiger partial charge >= 0.3 is 12.0 Å². The molecule has 0 spiro atoms. The molecule has 7 nitrogen and oxygen atoms in total. The lowest BCUT2D eigenvalue weighted by atomic mass is 10.2. The summed E-state index contributed by atoms with van der Waals surface area (Å²) in [5, 5.41) is 13.5. The van der Waals surface area contributed by atoms with E-state index in [1.165, 1.54) is 11.9 Å². The molecule has 0 rings (SSSR count). The van der Waals surface area contributed by atoms with Crippen molar-refractivity contribution in [2.75, 3.05) is 20.1 Å². The Labute approximate surface area is 107 Å². The molecule has 18 heavy (non-hydrogen) atoms. The van der Waals surface area contributed by atoms with Crippen LogP contribution < -0.4 is 10.6 Å². The topological polar surface area (TPSA) is 98.7 Å². The molecule has 0 bridgehead atoms. The molecule has 0 aliphatic heterocycles. The summed E-state index contributed by atoms with van der Waals surface area (Å²) >= 11 is 0. The van der Waals surface area contributed by atoms with Gasteiger partial charge in [-0.1, -0.05) is 13.8 Å². The number of carbonyl (C=O) groups excluding carboxylic acids is 2. The van der Waals surface area contributed by atoms with Gasteiger partial charge in [0, 0.05) is 6.54 Å². The highest BCUT2D eigenvalue weighted by atomic mass is 16.4. The lowest BCUT2D eigenvalue weighted by Gasteiger charge is -2.22. The molecule has 0 aliphatic rings. The summed E-state index contributed by atoms with van der Waals surface area (Å²) in [6.07, 6.45) is 1.17. The molecule has 0 fully saturated rings. The van der Waals surface area contributed by atoms with Crippen LogP contribution in [0.4, 0.5) is 4.79 Å². The molecular weight excluding hydrogens is 238 g/mol. The second-order valence-corrected chi connectivity index (χ2v) is 3.98. The van der Waals surface area contributed by atoms with Crippen LogP contribution in [-0.2, 0) is 9.59 Å². The number of aliphatic carboxylic acids is 1. The molecule has 0 aromatic heterocycles. The van der Waals surface area contributed by atoms with Gasteiger partial charge in [-0.15, -0.1) is 0 Å². The van der Waals surface area contributed by atoms with Crippen molar-refractivity contribution in [1.82, 2.24) is 15.5 Å². The van der Waals surface area contributed by atoms with Gasteiger partial charge in [-0.05, 0) is 19.9 Å². The Balaban J connectivity index is 4.14. The van der Waals surface area contributed by atoms with Crippen LogP contribution in [0.25, 0.3) is 0 Å². The minimum absolute atomic E-state index is 0.135. The zero-order valence-corrected chi connectivity index (χ0v) is 11.0. The van der Waals surface area contributed by atoms with Crippen LogP contribution in [0.5, 0.6) is 0 Å². The first-order valence-electron chi connectivity index (χ1n) is 5.93. The predicted octanol–water partition coefficient (Wildman–Crippen LogP) is 0.0172. The minimum atomic E-state index is -0.983. The first kappa shape index (κ1) is 16.4. The van der Waals surface area contributed by atoms with Crippen molar-refractivity contribution < 1.29 is 19.5 Å². The molecule has 0 radical (unpaired) electrons. The summed E-state index contributed by atoms with van der Waals surface area (Å²) in [7, 11) is 1.53. The van der Waals surface area contributed by atoms with Gasteiger partial charge in [0.25, 0.3) is 0 Å². The van der Waals surface area contributed by atoms with Gasteiger partial charge in [-0.25, -0.2) is 4.79 Å². The first-order valence-corrected chi connectivity index (χ1v) is 5.93. The van der Waals surface area contributed by atoms with Crippen LogP contribution in [0.2, 0.25) is 0 Å². The van der Waals surface area contributed by atoms with E-state index in [2.05, 4.69) is 10.6 Å². The monoisotopic (exact) mass is 259 g/mol. The fraction of sp³-hybridized carbons (Fsp3) is 0.727. The minimum Gasteiger partial charge on any atom is -0.480 e. The van der Waals surface area contributed by atoms with Crippen molar-refractivity contribution in [1.29, 1.82) is 0 Å². The Hall–Kier alpha value is -1.63. The number of nitrogens with zero attached hydrogens (tertiary/aromatic N) is 1. The molecule has 0 heterocycles. The predicted molar refractivity (Wildman–Crippen MR) is 66.2 cm³/mol. The second-order valence-electron chi connectivity index (χ2n) is 3.98. The molecule has 0 aromatic rings. The number of hydrogen-bond acceptors (Lipinski definition) is 4. The van der Waals surface area contributed by atoms with E-state index in [1.54, 1.807) is 6.92 Å². The highest BCUT2D eigenvalue weighted by Gasteiger charge is 2.22. The SMILES string of the molecule is CCCNC(=O)NC(=O)CN(C)C(CC)C(=O)O. The Morgan fingerprint density at radius 2 is 1.89 bits per heavy atom. The summed E-state index contributed by atoms with van der Waals surface area (Å²) in [4.78, 5) is 34.9. The quantitative estimate of drug-likeness (QED) is 0.598. The largest absolute Gasteiger partial charge is 0.480 e. The summed E-state index contributed by atoms with van der Waals surface area (Å²) < 4.78 is 0. The number of rotatable bonds is 7. The van der Waals surface area contributed by atoms with E-state index in [0.29, 0.717) is 13.0 Å². The van der Waals surface area contributed by atoms with E-state index in [9.17, 15) is 14.4 Å². The molecule has 104 valence electrons. The Morgan fingerprint density at radius 3 is 2.33 bits per heavy atom. The fourth-order valence-electron chi connectivity index (χ4n) is 1.46. The smallest absolute Gasteiger partial charge is 0.321 e. The lowest BCUT2D eigenvalue weighted by Crippen LogP contribution is -2.47. The van der Waals surface area contributed by atoms with Gasteiger partial charge in [0.1, 0.15) is 6.04 Å². The number of hydrogen-bond donors (Lipinski definition) is 3. The van der Waals surface area contributed by atoms with Gasteiger partial charge in [-0.2, -0.15) is 0 Å². The molecule has 0 saturated heterocycles. The van der Waals surface area contributed by atoms with Crippen molar-refractivity contribution in [2.24, 2.45) is 0 Å². The summed E-state index contributed by atoms with van der Waals surface area (Å²) in [6.45, 7) is 3.97. The van der Waals surface area contributed by atoms with E-state index >= 15 is 0 Å². The molecular formula is C11H21N3O4. The van der Waals surface area contributed by atoms with Gasteiger partial charge in [0.2, 0.25) is 5.91 Å². The van der Waals surface area contributed by atoms with Crippen LogP contribution in [0, 0.1) is 0 Å². The molecule has 1 atom stereocenters. The van der Waals surface area contributed by atoms with E-state index in [4.69, 9.17) is 5.11 Å². The number of imide groups is 1. The van der Waals surface area contributed by atoms with Crippen LogP contribution in [0.15, 0.2) is 0 Å². The summed E-state index contributed by atoms with van der Waals surface area (Å²) in [6, 6.07) is -1.28. The first-order chi connectivity index (χ1) is 8.42. The Bertz CT molecular complexity index is 307. The summed E-state index contributed by atoms with van der Waals surface area (Å²) in [5.41, 5.74) is 0. The number of nitrogens with one attached hydrogen (secondary N) is 2. The zero-order chi connectivity index (χ0) is 14.1. The van der Waals surface area contributed by atoms with Crippen molar-refractivity contribution in [2.45, 2.75) is 32.7 Å². The molecule has 1 unspecified atom stereocenters. The Morgan fingerprint density at radius 1 is 1.28 bits per heavy atom. The molecule has 3 N–H and O–H groups in total. The molecule has 0 saturated carbocycles. The van der Waals surface area contributed by atoms with E-state index in [1.807, 2.05) is 6.92 Å². The lowest BCUT2D eigenvalue weighted by molar-refractivity contribution is -0.143. The second kappa shape index (κ2) is 8.46. The Kier molecular flexibility index (Phi) is 7.69. The van der Waals surface area contributed by atoms with Gasteiger partial charge in [-0.3, -0.25) is 19.8 Å². The van der Waals surface area contributed by atoms with Crippen LogP contribution in [0.1, 0.15) is 26.7 Å². The van der Waals surface area contributed by atoms with Crippen molar-refractivity contribution >= 4 is 17.9 Å². The third-order valence-electron chi connectivity index (χ3n) is 2.39. The van der Waals surface area contributed by atoms with Crippen molar-refractivity contribution in [3.63, 3.8) is 0 Å².